The molecular formula is C15H15Cl2N. The summed E-state index contributed by atoms with van der Waals surface area (Å²) in [6, 6.07) is 15.6. The summed E-state index contributed by atoms with van der Waals surface area (Å²) >= 11 is 12.1. The van der Waals surface area contributed by atoms with Crippen LogP contribution in [-0.4, -0.2) is 0 Å². The van der Waals surface area contributed by atoms with E-state index in [1.807, 2.05) is 42.5 Å². The summed E-state index contributed by atoms with van der Waals surface area (Å²) in [5.41, 5.74) is 8.36. The monoisotopic (exact) mass is 279 g/mol. The molecule has 0 saturated heterocycles. The Morgan fingerprint density at radius 1 is 1.00 bits per heavy atom. The largest absolute Gasteiger partial charge is 0.324 e. The fraction of sp³-hybridized carbons (Fsp3) is 0.200. The van der Waals surface area contributed by atoms with Gasteiger partial charge < -0.3 is 5.73 Å². The Morgan fingerprint density at radius 3 is 2.44 bits per heavy atom. The Labute approximate surface area is 118 Å². The van der Waals surface area contributed by atoms with Gasteiger partial charge in [0.25, 0.3) is 0 Å². The highest BCUT2D eigenvalue weighted by Gasteiger charge is 2.07. The molecular weight excluding hydrogens is 265 g/mol. The molecule has 94 valence electrons. The number of hydrogen-bond donors (Lipinski definition) is 1. The van der Waals surface area contributed by atoms with Crippen molar-refractivity contribution in [3.05, 3.63) is 69.7 Å². The maximum absolute atomic E-state index is 6.15. The van der Waals surface area contributed by atoms with Crippen molar-refractivity contribution in [3.63, 3.8) is 0 Å². The molecule has 1 atom stereocenters. The van der Waals surface area contributed by atoms with Gasteiger partial charge in [-0.25, -0.2) is 0 Å². The third kappa shape index (κ3) is 3.49. The van der Waals surface area contributed by atoms with Gasteiger partial charge in [-0.15, -0.1) is 0 Å². The predicted molar refractivity (Wildman–Crippen MR) is 78.2 cm³/mol. The zero-order valence-corrected chi connectivity index (χ0v) is 11.5. The van der Waals surface area contributed by atoms with Gasteiger partial charge in [0.15, 0.2) is 0 Å². The Kier molecular flexibility index (Phi) is 4.65. The van der Waals surface area contributed by atoms with E-state index in [9.17, 15) is 0 Å². The van der Waals surface area contributed by atoms with E-state index in [-0.39, 0.29) is 6.04 Å². The van der Waals surface area contributed by atoms with Crippen molar-refractivity contribution < 1.29 is 0 Å². The highest BCUT2D eigenvalue weighted by molar-refractivity contribution is 6.33. The quantitative estimate of drug-likeness (QED) is 0.868. The maximum atomic E-state index is 6.15. The Bertz CT molecular complexity index is 511. The molecule has 18 heavy (non-hydrogen) atoms. The van der Waals surface area contributed by atoms with Crippen LogP contribution in [0.4, 0.5) is 0 Å². The standard InChI is InChI=1S/C15H15Cl2N/c16-13-7-8-14(17)12(10-13)6-9-15(18)11-4-2-1-3-5-11/h1-5,7-8,10,15H,6,9,18H2. The van der Waals surface area contributed by atoms with Gasteiger partial charge >= 0.3 is 0 Å². The molecule has 0 bridgehead atoms. The first-order valence-corrected chi connectivity index (χ1v) is 6.67. The number of rotatable bonds is 4. The van der Waals surface area contributed by atoms with Gasteiger partial charge in [0.2, 0.25) is 0 Å². The van der Waals surface area contributed by atoms with Crippen molar-refractivity contribution >= 4 is 23.2 Å². The number of nitrogens with two attached hydrogens (primary N) is 1. The first-order chi connectivity index (χ1) is 8.66. The van der Waals surface area contributed by atoms with E-state index in [4.69, 9.17) is 28.9 Å². The molecule has 3 heteroatoms. The van der Waals surface area contributed by atoms with Crippen LogP contribution in [0.5, 0.6) is 0 Å². The normalized spacial score (nSPS) is 12.4. The smallest absolute Gasteiger partial charge is 0.0439 e. The van der Waals surface area contributed by atoms with Crippen LogP contribution >= 0.6 is 23.2 Å². The highest BCUT2D eigenvalue weighted by atomic mass is 35.5. The third-order valence-electron chi connectivity index (χ3n) is 2.96. The van der Waals surface area contributed by atoms with Crippen LogP contribution in [0.25, 0.3) is 0 Å². The minimum atomic E-state index is 0.0289. The second kappa shape index (κ2) is 6.24. The van der Waals surface area contributed by atoms with Gasteiger partial charge in [0.1, 0.15) is 0 Å². The average molecular weight is 280 g/mol. The Morgan fingerprint density at radius 2 is 1.72 bits per heavy atom. The first-order valence-electron chi connectivity index (χ1n) is 5.91. The lowest BCUT2D eigenvalue weighted by Gasteiger charge is -2.12. The van der Waals surface area contributed by atoms with Gasteiger partial charge in [0, 0.05) is 16.1 Å². The molecule has 2 aromatic rings. The summed E-state index contributed by atoms with van der Waals surface area (Å²) in [7, 11) is 0. The van der Waals surface area contributed by atoms with Gasteiger partial charge in [-0.1, -0.05) is 53.5 Å². The van der Waals surface area contributed by atoms with Crippen LogP contribution in [0.15, 0.2) is 48.5 Å². The predicted octanol–water partition coefficient (Wildman–Crippen LogP) is 4.63. The average Bonchev–Trinajstić information content (AvgIpc) is 2.40. The summed E-state index contributed by atoms with van der Waals surface area (Å²) in [5, 5.41) is 1.46. The van der Waals surface area contributed by atoms with Gasteiger partial charge in [0.05, 0.1) is 0 Å². The summed E-state index contributed by atoms with van der Waals surface area (Å²) < 4.78 is 0. The molecule has 2 N–H and O–H groups in total. The summed E-state index contributed by atoms with van der Waals surface area (Å²) in [6.45, 7) is 0. The van der Waals surface area contributed by atoms with Crippen molar-refractivity contribution in [3.8, 4) is 0 Å². The molecule has 1 nitrogen and oxygen atoms in total. The summed E-state index contributed by atoms with van der Waals surface area (Å²) in [5.74, 6) is 0. The Hall–Kier alpha value is -1.02. The van der Waals surface area contributed by atoms with Crippen LogP contribution in [-0.2, 0) is 6.42 Å². The third-order valence-corrected chi connectivity index (χ3v) is 3.56. The minimum absolute atomic E-state index is 0.0289. The van der Waals surface area contributed by atoms with Crippen molar-refractivity contribution in [2.24, 2.45) is 5.73 Å². The minimum Gasteiger partial charge on any atom is -0.324 e. The molecule has 0 fully saturated rings. The van der Waals surface area contributed by atoms with Gasteiger partial charge in [-0.05, 0) is 42.2 Å². The Balaban J connectivity index is 2.01. The van der Waals surface area contributed by atoms with E-state index in [1.165, 1.54) is 0 Å². The number of hydrogen-bond acceptors (Lipinski definition) is 1. The van der Waals surface area contributed by atoms with Crippen LogP contribution < -0.4 is 5.73 Å². The summed E-state index contributed by atoms with van der Waals surface area (Å²) in [6.07, 6.45) is 1.68. The van der Waals surface area contributed by atoms with Crippen LogP contribution in [0, 0.1) is 0 Å². The molecule has 2 rings (SSSR count). The highest BCUT2D eigenvalue weighted by Crippen LogP contribution is 2.24. The van der Waals surface area contributed by atoms with Crippen LogP contribution in [0.2, 0.25) is 10.0 Å². The second-order valence-electron chi connectivity index (χ2n) is 4.29. The molecule has 0 amide bonds. The number of halogens is 2. The lowest BCUT2D eigenvalue weighted by molar-refractivity contribution is 0.651. The fourth-order valence-corrected chi connectivity index (χ4v) is 2.32. The zero-order valence-electron chi connectivity index (χ0n) is 9.94. The lowest BCUT2D eigenvalue weighted by Crippen LogP contribution is -2.11. The van der Waals surface area contributed by atoms with E-state index < -0.39 is 0 Å². The van der Waals surface area contributed by atoms with E-state index in [1.54, 1.807) is 6.07 Å². The molecule has 0 aromatic heterocycles. The molecule has 0 spiro atoms. The number of benzene rings is 2. The lowest BCUT2D eigenvalue weighted by atomic mass is 10.00. The summed E-state index contributed by atoms with van der Waals surface area (Å²) in [4.78, 5) is 0. The molecule has 0 aliphatic carbocycles. The molecule has 0 radical (unpaired) electrons. The van der Waals surface area contributed by atoms with Crippen molar-refractivity contribution in [1.29, 1.82) is 0 Å². The van der Waals surface area contributed by atoms with E-state index in [0.29, 0.717) is 5.02 Å². The number of aryl methyl sites for hydroxylation is 1. The SMILES string of the molecule is NC(CCc1cc(Cl)ccc1Cl)c1ccccc1. The van der Waals surface area contributed by atoms with Crippen LogP contribution in [0.1, 0.15) is 23.6 Å². The van der Waals surface area contributed by atoms with Crippen molar-refractivity contribution in [2.45, 2.75) is 18.9 Å². The van der Waals surface area contributed by atoms with Crippen LogP contribution in [0.3, 0.4) is 0 Å². The molecule has 0 saturated carbocycles. The topological polar surface area (TPSA) is 26.0 Å². The van der Waals surface area contributed by atoms with E-state index >= 15 is 0 Å². The van der Waals surface area contributed by atoms with E-state index in [0.717, 1.165) is 29.0 Å². The van der Waals surface area contributed by atoms with Gasteiger partial charge in [-0.3, -0.25) is 0 Å². The fourth-order valence-electron chi connectivity index (χ4n) is 1.91. The van der Waals surface area contributed by atoms with Crippen molar-refractivity contribution in [1.82, 2.24) is 0 Å². The first kappa shape index (κ1) is 13.4. The molecule has 0 aliphatic rings. The van der Waals surface area contributed by atoms with Crippen molar-refractivity contribution in [2.75, 3.05) is 0 Å². The molecule has 2 aromatic carbocycles. The molecule has 0 heterocycles. The van der Waals surface area contributed by atoms with E-state index in [2.05, 4.69) is 0 Å². The second-order valence-corrected chi connectivity index (χ2v) is 5.14. The molecule has 0 aliphatic heterocycles. The van der Waals surface area contributed by atoms with Gasteiger partial charge in [-0.2, -0.15) is 0 Å². The zero-order chi connectivity index (χ0) is 13.0. The molecule has 1 unspecified atom stereocenters. The maximum Gasteiger partial charge on any atom is 0.0439 e.